The van der Waals surface area contributed by atoms with Crippen LogP contribution in [0.3, 0.4) is 0 Å². The van der Waals surface area contributed by atoms with E-state index in [0.717, 1.165) is 19.3 Å². The highest BCUT2D eigenvalue weighted by molar-refractivity contribution is 9.10. The van der Waals surface area contributed by atoms with Crippen molar-refractivity contribution in [2.24, 2.45) is 5.92 Å². The van der Waals surface area contributed by atoms with Crippen LogP contribution < -0.4 is 10.1 Å². The van der Waals surface area contributed by atoms with Gasteiger partial charge in [0.25, 0.3) is 0 Å². The lowest BCUT2D eigenvalue weighted by molar-refractivity contribution is -0.0498. The van der Waals surface area contributed by atoms with Gasteiger partial charge in [0.2, 0.25) is 0 Å². The van der Waals surface area contributed by atoms with Crippen LogP contribution in [0.5, 0.6) is 5.75 Å². The number of hydrogen-bond donors (Lipinski definition) is 1. The van der Waals surface area contributed by atoms with Gasteiger partial charge in [-0.2, -0.15) is 8.78 Å². The Bertz CT molecular complexity index is 459. The van der Waals surface area contributed by atoms with Gasteiger partial charge in [-0.15, -0.1) is 0 Å². The summed E-state index contributed by atoms with van der Waals surface area (Å²) in [5.41, 5.74) is 0.513. The molecule has 1 aromatic rings. The minimum atomic E-state index is -2.86. The predicted octanol–water partition coefficient (Wildman–Crippen LogP) is 5.30. The van der Waals surface area contributed by atoms with Gasteiger partial charge in [-0.1, -0.05) is 18.5 Å². The maximum absolute atomic E-state index is 12.5. The molecule has 0 aliphatic heterocycles. The Morgan fingerprint density at radius 3 is 2.74 bits per heavy atom. The van der Waals surface area contributed by atoms with Crippen molar-refractivity contribution in [1.82, 2.24) is 0 Å². The second kappa shape index (κ2) is 6.27. The number of alkyl halides is 2. The molecule has 106 valence electrons. The quantitative estimate of drug-likeness (QED) is 0.791. The van der Waals surface area contributed by atoms with E-state index < -0.39 is 6.61 Å². The van der Waals surface area contributed by atoms with Gasteiger partial charge in [-0.3, -0.25) is 0 Å². The van der Waals surface area contributed by atoms with Crippen LogP contribution in [0.2, 0.25) is 5.02 Å². The molecule has 2 rings (SSSR count). The molecule has 0 saturated heterocycles. The molecule has 1 aliphatic carbocycles. The average Bonchev–Trinajstić information content (AvgIpc) is 2.69. The summed E-state index contributed by atoms with van der Waals surface area (Å²) in [6.45, 7) is -0.674. The molecule has 1 saturated carbocycles. The topological polar surface area (TPSA) is 21.3 Å². The highest BCUT2D eigenvalue weighted by atomic mass is 79.9. The molecule has 1 aromatic carbocycles. The smallest absolute Gasteiger partial charge is 0.387 e. The van der Waals surface area contributed by atoms with E-state index in [4.69, 9.17) is 11.6 Å². The van der Waals surface area contributed by atoms with Crippen LogP contribution in [0.15, 0.2) is 16.6 Å². The van der Waals surface area contributed by atoms with Gasteiger partial charge in [-0.05, 0) is 53.2 Å². The number of anilines is 1. The standard InChI is InChI=1S/C13H15BrClF2NO/c1-7-2-3-9(4-7)18-11-6-8(15)5-10(14)12(11)19-13(16)17/h5-7,9,13,18H,2-4H2,1H3. The molecule has 0 radical (unpaired) electrons. The van der Waals surface area contributed by atoms with E-state index in [-0.39, 0.29) is 11.8 Å². The van der Waals surface area contributed by atoms with Crippen LogP contribution in [-0.4, -0.2) is 12.7 Å². The van der Waals surface area contributed by atoms with Crippen LogP contribution in [0.1, 0.15) is 26.2 Å². The summed E-state index contributed by atoms with van der Waals surface area (Å²) in [6.07, 6.45) is 3.20. The maximum atomic E-state index is 12.5. The number of halogens is 4. The second-order valence-corrected chi connectivity index (χ2v) is 6.19. The molecule has 1 fully saturated rings. The first-order valence-corrected chi connectivity index (χ1v) is 7.33. The lowest BCUT2D eigenvalue weighted by atomic mass is 10.1. The Morgan fingerprint density at radius 2 is 2.16 bits per heavy atom. The number of hydrogen-bond acceptors (Lipinski definition) is 2. The lowest BCUT2D eigenvalue weighted by Crippen LogP contribution is -2.17. The van der Waals surface area contributed by atoms with E-state index >= 15 is 0 Å². The van der Waals surface area contributed by atoms with Crippen molar-refractivity contribution < 1.29 is 13.5 Å². The average molecular weight is 355 g/mol. The Labute approximate surface area is 124 Å². The first-order valence-electron chi connectivity index (χ1n) is 6.16. The Kier molecular flexibility index (Phi) is 4.90. The van der Waals surface area contributed by atoms with Crippen LogP contribution in [0, 0.1) is 5.92 Å². The molecule has 2 unspecified atom stereocenters. The summed E-state index contributed by atoms with van der Waals surface area (Å²) in [4.78, 5) is 0. The minimum absolute atomic E-state index is 0.110. The van der Waals surface area contributed by atoms with Gasteiger partial charge in [0.05, 0.1) is 10.2 Å². The predicted molar refractivity (Wildman–Crippen MR) is 76.2 cm³/mol. The number of benzene rings is 1. The zero-order valence-electron chi connectivity index (χ0n) is 10.4. The van der Waals surface area contributed by atoms with Crippen LogP contribution in [0.4, 0.5) is 14.5 Å². The zero-order valence-corrected chi connectivity index (χ0v) is 12.8. The van der Waals surface area contributed by atoms with Crippen molar-refractivity contribution in [2.75, 3.05) is 5.32 Å². The van der Waals surface area contributed by atoms with E-state index in [1.165, 1.54) is 0 Å². The molecule has 0 spiro atoms. The Hall–Kier alpha value is -0.550. The van der Waals surface area contributed by atoms with E-state index in [9.17, 15) is 8.78 Å². The van der Waals surface area contributed by atoms with E-state index in [0.29, 0.717) is 21.1 Å². The van der Waals surface area contributed by atoms with Crippen molar-refractivity contribution in [1.29, 1.82) is 0 Å². The van der Waals surface area contributed by atoms with Crippen molar-refractivity contribution in [3.05, 3.63) is 21.6 Å². The molecule has 0 heterocycles. The van der Waals surface area contributed by atoms with Crippen molar-refractivity contribution in [2.45, 2.75) is 38.8 Å². The van der Waals surface area contributed by atoms with Crippen LogP contribution in [-0.2, 0) is 0 Å². The fourth-order valence-corrected chi connectivity index (χ4v) is 3.34. The number of nitrogens with one attached hydrogen (secondary N) is 1. The van der Waals surface area contributed by atoms with E-state index in [1.807, 2.05) is 0 Å². The SMILES string of the molecule is CC1CCC(Nc2cc(Cl)cc(Br)c2OC(F)F)C1. The van der Waals surface area contributed by atoms with Gasteiger partial charge < -0.3 is 10.1 Å². The summed E-state index contributed by atoms with van der Waals surface area (Å²) in [7, 11) is 0. The molecule has 0 aromatic heterocycles. The zero-order chi connectivity index (χ0) is 14.0. The molecule has 2 atom stereocenters. The first-order chi connectivity index (χ1) is 8.95. The van der Waals surface area contributed by atoms with Crippen molar-refractivity contribution in [3.63, 3.8) is 0 Å². The third-order valence-electron chi connectivity index (χ3n) is 3.27. The maximum Gasteiger partial charge on any atom is 0.387 e. The molecule has 2 nitrogen and oxygen atoms in total. The second-order valence-electron chi connectivity index (χ2n) is 4.90. The van der Waals surface area contributed by atoms with Crippen LogP contribution in [0.25, 0.3) is 0 Å². The molecule has 6 heteroatoms. The minimum Gasteiger partial charge on any atom is -0.431 e. The van der Waals surface area contributed by atoms with E-state index in [2.05, 4.69) is 32.9 Å². The third kappa shape index (κ3) is 3.96. The fourth-order valence-electron chi connectivity index (χ4n) is 2.43. The Balaban J connectivity index is 2.21. The summed E-state index contributed by atoms with van der Waals surface area (Å²) in [6, 6.07) is 3.44. The van der Waals surface area contributed by atoms with Crippen molar-refractivity contribution in [3.8, 4) is 5.75 Å². The largest absolute Gasteiger partial charge is 0.431 e. The molecule has 0 amide bonds. The molecule has 1 N–H and O–H groups in total. The fraction of sp³-hybridized carbons (Fsp3) is 0.538. The van der Waals surface area contributed by atoms with Crippen LogP contribution >= 0.6 is 27.5 Å². The molecular weight excluding hydrogens is 340 g/mol. The van der Waals surface area contributed by atoms with Gasteiger partial charge in [0, 0.05) is 11.1 Å². The van der Waals surface area contributed by atoms with Gasteiger partial charge in [0.1, 0.15) is 0 Å². The third-order valence-corrected chi connectivity index (χ3v) is 4.08. The van der Waals surface area contributed by atoms with Gasteiger partial charge in [-0.25, -0.2) is 0 Å². The monoisotopic (exact) mass is 353 g/mol. The molecule has 1 aliphatic rings. The summed E-state index contributed by atoms with van der Waals surface area (Å²) in [5, 5.41) is 3.73. The number of rotatable bonds is 4. The summed E-state index contributed by atoms with van der Waals surface area (Å²) >= 11 is 9.16. The normalized spacial score (nSPS) is 22.8. The first kappa shape index (κ1) is 14.9. The highest BCUT2D eigenvalue weighted by Gasteiger charge is 2.23. The summed E-state index contributed by atoms with van der Waals surface area (Å²) < 4.78 is 29.9. The van der Waals surface area contributed by atoms with Gasteiger partial charge >= 0.3 is 6.61 Å². The van der Waals surface area contributed by atoms with E-state index in [1.54, 1.807) is 12.1 Å². The lowest BCUT2D eigenvalue weighted by Gasteiger charge is -2.19. The highest BCUT2D eigenvalue weighted by Crippen LogP contribution is 2.39. The Morgan fingerprint density at radius 1 is 1.42 bits per heavy atom. The van der Waals surface area contributed by atoms with Gasteiger partial charge in [0.15, 0.2) is 5.75 Å². The molecule has 19 heavy (non-hydrogen) atoms. The number of ether oxygens (including phenoxy) is 1. The molecule has 0 bridgehead atoms. The molecular formula is C13H15BrClF2NO. The van der Waals surface area contributed by atoms with Crippen molar-refractivity contribution >= 4 is 33.2 Å². The summed E-state index contributed by atoms with van der Waals surface area (Å²) in [5.74, 6) is 0.763.